The molecule has 0 saturated carbocycles. The van der Waals surface area contributed by atoms with Gasteiger partial charge in [-0.25, -0.2) is 4.39 Å². The normalized spacial score (nSPS) is 23.6. The first-order valence-electron chi connectivity index (χ1n) is 6.33. The lowest BCUT2D eigenvalue weighted by atomic mass is 9.97. The van der Waals surface area contributed by atoms with Gasteiger partial charge in [0.1, 0.15) is 5.82 Å². The summed E-state index contributed by atoms with van der Waals surface area (Å²) in [4.78, 5) is 2.27. The molecule has 1 N–H and O–H groups in total. The minimum absolute atomic E-state index is 0.187. The second kappa shape index (κ2) is 5.61. The number of hydrogen-bond acceptors (Lipinski definition) is 2. The zero-order valence-corrected chi connectivity index (χ0v) is 10.3. The summed E-state index contributed by atoms with van der Waals surface area (Å²) >= 11 is 0. The van der Waals surface area contributed by atoms with Crippen molar-refractivity contribution in [2.24, 2.45) is 0 Å². The summed E-state index contributed by atoms with van der Waals surface area (Å²) < 4.78 is 13.1. The number of halogens is 1. The van der Waals surface area contributed by atoms with Crippen molar-refractivity contribution < 1.29 is 9.50 Å². The highest BCUT2D eigenvalue weighted by Gasteiger charge is 2.25. The first kappa shape index (κ1) is 12.5. The van der Waals surface area contributed by atoms with E-state index in [4.69, 9.17) is 0 Å². The van der Waals surface area contributed by atoms with Crippen LogP contribution in [-0.2, 0) is 6.54 Å². The average molecular weight is 237 g/mol. The first-order valence-corrected chi connectivity index (χ1v) is 6.33. The standard InChI is InChI=1S/C14H20FNO/c1-11(17)14-7-2-3-8-16(14)10-12-5-4-6-13(15)9-12/h4-6,9,11,14,17H,2-3,7-8,10H2,1H3/t11-,14+/m0/s1. The van der Waals surface area contributed by atoms with Crippen molar-refractivity contribution in [3.63, 3.8) is 0 Å². The van der Waals surface area contributed by atoms with Gasteiger partial charge >= 0.3 is 0 Å². The van der Waals surface area contributed by atoms with Crippen molar-refractivity contribution in [3.8, 4) is 0 Å². The van der Waals surface area contributed by atoms with Crippen LogP contribution in [0.25, 0.3) is 0 Å². The van der Waals surface area contributed by atoms with Gasteiger partial charge in [0, 0.05) is 12.6 Å². The smallest absolute Gasteiger partial charge is 0.123 e. The summed E-state index contributed by atoms with van der Waals surface area (Å²) in [6.45, 7) is 3.56. The molecule has 1 heterocycles. The number of benzene rings is 1. The second-order valence-corrected chi connectivity index (χ2v) is 4.90. The topological polar surface area (TPSA) is 23.5 Å². The van der Waals surface area contributed by atoms with Crippen LogP contribution in [0.5, 0.6) is 0 Å². The second-order valence-electron chi connectivity index (χ2n) is 4.90. The SMILES string of the molecule is C[C@H](O)[C@H]1CCCCN1Cc1cccc(F)c1. The molecular formula is C14H20FNO. The van der Waals surface area contributed by atoms with E-state index in [9.17, 15) is 9.50 Å². The molecule has 0 aromatic heterocycles. The maximum Gasteiger partial charge on any atom is 0.123 e. The van der Waals surface area contributed by atoms with E-state index in [1.54, 1.807) is 12.1 Å². The van der Waals surface area contributed by atoms with Gasteiger partial charge in [-0.15, -0.1) is 0 Å². The lowest BCUT2D eigenvalue weighted by Gasteiger charge is -2.37. The van der Waals surface area contributed by atoms with Gasteiger partial charge in [0.15, 0.2) is 0 Å². The summed E-state index contributed by atoms with van der Waals surface area (Å²) in [7, 11) is 0. The highest BCUT2D eigenvalue weighted by atomic mass is 19.1. The highest BCUT2D eigenvalue weighted by molar-refractivity contribution is 5.16. The number of likely N-dealkylation sites (tertiary alicyclic amines) is 1. The molecule has 1 fully saturated rings. The van der Waals surface area contributed by atoms with Gasteiger partial charge < -0.3 is 5.11 Å². The van der Waals surface area contributed by atoms with Gasteiger partial charge in [0.05, 0.1) is 6.10 Å². The first-order chi connectivity index (χ1) is 8.16. The Morgan fingerprint density at radius 1 is 1.47 bits per heavy atom. The van der Waals surface area contributed by atoms with Crippen LogP contribution in [0.2, 0.25) is 0 Å². The van der Waals surface area contributed by atoms with Gasteiger partial charge in [0.2, 0.25) is 0 Å². The van der Waals surface area contributed by atoms with Crippen molar-refractivity contribution in [3.05, 3.63) is 35.6 Å². The Labute approximate surface area is 102 Å². The number of piperidine rings is 1. The van der Waals surface area contributed by atoms with Crippen molar-refractivity contribution in [1.29, 1.82) is 0 Å². The van der Waals surface area contributed by atoms with Gasteiger partial charge in [-0.05, 0) is 44.0 Å². The van der Waals surface area contributed by atoms with Crippen LogP contribution in [0, 0.1) is 5.82 Å². The molecule has 1 aliphatic heterocycles. The van der Waals surface area contributed by atoms with E-state index in [0.29, 0.717) is 0 Å². The summed E-state index contributed by atoms with van der Waals surface area (Å²) in [5.41, 5.74) is 0.984. The van der Waals surface area contributed by atoms with E-state index < -0.39 is 0 Å². The van der Waals surface area contributed by atoms with Crippen LogP contribution in [0.3, 0.4) is 0 Å². The third-order valence-corrected chi connectivity index (χ3v) is 3.50. The van der Waals surface area contributed by atoms with Gasteiger partial charge in [-0.1, -0.05) is 18.6 Å². The molecule has 17 heavy (non-hydrogen) atoms. The zero-order valence-electron chi connectivity index (χ0n) is 10.3. The van der Waals surface area contributed by atoms with Crippen LogP contribution in [-0.4, -0.2) is 28.7 Å². The molecule has 94 valence electrons. The molecule has 0 radical (unpaired) electrons. The van der Waals surface area contributed by atoms with Crippen molar-refractivity contribution in [2.45, 2.75) is 44.9 Å². The van der Waals surface area contributed by atoms with Crippen LogP contribution in [0.4, 0.5) is 4.39 Å². The maximum atomic E-state index is 13.1. The number of rotatable bonds is 3. The average Bonchev–Trinajstić information content (AvgIpc) is 2.29. The molecule has 1 aromatic rings. The van der Waals surface area contributed by atoms with Crippen LogP contribution >= 0.6 is 0 Å². The Bertz CT molecular complexity index is 367. The molecule has 2 rings (SSSR count). The molecule has 0 amide bonds. The quantitative estimate of drug-likeness (QED) is 0.873. The largest absolute Gasteiger partial charge is 0.392 e. The highest BCUT2D eigenvalue weighted by Crippen LogP contribution is 2.22. The molecule has 0 unspecified atom stereocenters. The fraction of sp³-hybridized carbons (Fsp3) is 0.571. The maximum absolute atomic E-state index is 13.1. The van der Waals surface area contributed by atoms with E-state index in [1.807, 2.05) is 13.0 Å². The van der Waals surface area contributed by atoms with E-state index in [1.165, 1.54) is 18.9 Å². The molecule has 1 aliphatic rings. The molecule has 0 aliphatic carbocycles. The molecule has 2 nitrogen and oxygen atoms in total. The summed E-state index contributed by atoms with van der Waals surface area (Å²) in [6, 6.07) is 6.94. The van der Waals surface area contributed by atoms with E-state index in [-0.39, 0.29) is 18.0 Å². The lowest BCUT2D eigenvalue weighted by molar-refractivity contribution is 0.0316. The third kappa shape index (κ3) is 3.27. The van der Waals surface area contributed by atoms with Crippen molar-refractivity contribution >= 4 is 0 Å². The summed E-state index contributed by atoms with van der Waals surface area (Å²) in [5, 5.41) is 9.76. The van der Waals surface area contributed by atoms with Crippen LogP contribution < -0.4 is 0 Å². The Hall–Kier alpha value is -0.930. The van der Waals surface area contributed by atoms with Gasteiger partial charge in [-0.3, -0.25) is 4.90 Å². The molecule has 3 heteroatoms. The van der Waals surface area contributed by atoms with Gasteiger partial charge in [0.25, 0.3) is 0 Å². The Kier molecular flexibility index (Phi) is 4.13. The molecule has 0 bridgehead atoms. The van der Waals surface area contributed by atoms with Crippen molar-refractivity contribution in [1.82, 2.24) is 4.90 Å². The Morgan fingerprint density at radius 3 is 3.00 bits per heavy atom. The monoisotopic (exact) mass is 237 g/mol. The Morgan fingerprint density at radius 2 is 2.29 bits per heavy atom. The predicted octanol–water partition coefficient (Wildman–Crippen LogP) is 2.56. The minimum Gasteiger partial charge on any atom is -0.392 e. The molecule has 1 saturated heterocycles. The number of hydrogen-bond donors (Lipinski definition) is 1. The number of aliphatic hydroxyl groups is 1. The van der Waals surface area contributed by atoms with E-state index in [2.05, 4.69) is 4.90 Å². The summed E-state index contributed by atoms with van der Waals surface area (Å²) in [5.74, 6) is -0.187. The van der Waals surface area contributed by atoms with Crippen molar-refractivity contribution in [2.75, 3.05) is 6.54 Å². The zero-order chi connectivity index (χ0) is 12.3. The Balaban J connectivity index is 2.05. The molecular weight excluding hydrogens is 217 g/mol. The van der Waals surface area contributed by atoms with E-state index >= 15 is 0 Å². The summed E-state index contributed by atoms with van der Waals surface area (Å²) in [6.07, 6.45) is 3.06. The molecule has 2 atom stereocenters. The van der Waals surface area contributed by atoms with Gasteiger partial charge in [-0.2, -0.15) is 0 Å². The fourth-order valence-corrected chi connectivity index (χ4v) is 2.63. The minimum atomic E-state index is -0.316. The lowest BCUT2D eigenvalue weighted by Crippen LogP contribution is -2.45. The van der Waals surface area contributed by atoms with Crippen LogP contribution in [0.15, 0.2) is 24.3 Å². The molecule has 1 aromatic carbocycles. The predicted molar refractivity (Wildman–Crippen MR) is 66.1 cm³/mol. The van der Waals surface area contributed by atoms with E-state index in [0.717, 1.165) is 25.1 Å². The third-order valence-electron chi connectivity index (χ3n) is 3.50. The fourth-order valence-electron chi connectivity index (χ4n) is 2.63. The van der Waals surface area contributed by atoms with Crippen LogP contribution in [0.1, 0.15) is 31.7 Å². The number of nitrogens with zero attached hydrogens (tertiary/aromatic N) is 1. The molecule has 0 spiro atoms. The number of aliphatic hydroxyl groups excluding tert-OH is 1.